The highest BCUT2D eigenvalue weighted by atomic mass is 16.6. The van der Waals surface area contributed by atoms with E-state index in [0.717, 1.165) is 17.7 Å². The zero-order chi connectivity index (χ0) is 9.61. The smallest absolute Gasteiger partial charge is 0.215 e. The summed E-state index contributed by atoms with van der Waals surface area (Å²) in [5.41, 5.74) is 0. The summed E-state index contributed by atoms with van der Waals surface area (Å²) in [7, 11) is 1.30. The number of unbranched alkanes of at least 4 members (excludes halogenated alkanes) is 1. The fraction of sp³-hybridized carbons (Fsp3) is 1.00. The van der Waals surface area contributed by atoms with E-state index in [1.165, 1.54) is 7.05 Å². The maximum Gasteiger partial charge on any atom is 0.215 e. The van der Waals surface area contributed by atoms with E-state index in [1.54, 1.807) is 0 Å². The molecule has 1 atom stereocenters. The van der Waals surface area contributed by atoms with Crippen molar-refractivity contribution in [3.8, 4) is 0 Å². The molecule has 0 aliphatic heterocycles. The van der Waals surface area contributed by atoms with Crippen LogP contribution in [0.4, 0.5) is 0 Å². The summed E-state index contributed by atoms with van der Waals surface area (Å²) in [5.74, 6) is 0. The summed E-state index contributed by atoms with van der Waals surface area (Å²) < 4.78 is 19.0. The first-order chi connectivity index (χ1) is 5.54. The molecule has 0 amide bonds. The molecule has 0 spiro atoms. The molecule has 0 aromatic rings. The van der Waals surface area contributed by atoms with Gasteiger partial charge in [-0.05, 0) is 20.5 Å². The van der Waals surface area contributed by atoms with Crippen LogP contribution in [0.15, 0.2) is 0 Å². The number of nitrogens with zero attached hydrogens (tertiary/aromatic N) is 1. The molecule has 1 N–H and O–H groups in total. The first-order valence-electron chi connectivity index (χ1n) is 4.62. The van der Waals surface area contributed by atoms with E-state index in [9.17, 15) is 5.11 Å². The molecule has 0 heterocycles. The van der Waals surface area contributed by atoms with Crippen LogP contribution in [0.5, 0.6) is 0 Å². The molecule has 3 heteroatoms. The molecule has 10 heavy (non-hydrogen) atoms. The highest BCUT2D eigenvalue weighted by molar-refractivity contribution is 4.36. The van der Waals surface area contributed by atoms with Gasteiger partial charge in [-0.15, -0.1) is 0 Å². The van der Waals surface area contributed by atoms with Crippen molar-refractivity contribution in [2.75, 3.05) is 20.7 Å². The van der Waals surface area contributed by atoms with Crippen molar-refractivity contribution in [3.63, 3.8) is 0 Å². The highest BCUT2D eigenvalue weighted by Gasteiger charge is 2.03. The van der Waals surface area contributed by atoms with Crippen molar-refractivity contribution in [2.45, 2.75) is 26.2 Å². The Hall–Kier alpha value is -0.120. The molecule has 0 bridgehead atoms. The topological polar surface area (TPSA) is 32.7 Å². The third-order valence-corrected chi connectivity index (χ3v) is 1.06. The molecule has 62 valence electrons. The fourth-order valence-corrected chi connectivity index (χ4v) is 0.418. The van der Waals surface area contributed by atoms with Crippen LogP contribution in [0, 0.1) is 0 Å². The van der Waals surface area contributed by atoms with Gasteiger partial charge < -0.3 is 9.84 Å². The number of rotatable bonds is 5. The Morgan fingerprint density at radius 3 is 3.10 bits per heavy atom. The van der Waals surface area contributed by atoms with Crippen LogP contribution < -0.4 is 0 Å². The van der Waals surface area contributed by atoms with Crippen molar-refractivity contribution >= 4 is 0 Å². The second-order valence-electron chi connectivity index (χ2n) is 2.18. The fourth-order valence-electron chi connectivity index (χ4n) is 0.418. The number of hydrogen-bond donors (Lipinski definition) is 1. The molecule has 0 saturated carbocycles. The van der Waals surface area contributed by atoms with Gasteiger partial charge in [0.2, 0.25) is 6.39 Å². The molecule has 0 rings (SSSR count). The van der Waals surface area contributed by atoms with Crippen LogP contribution in [0.25, 0.3) is 0 Å². The molecule has 0 radical (unpaired) electrons. The van der Waals surface area contributed by atoms with Gasteiger partial charge in [0.1, 0.15) is 1.37 Å². The molecule has 3 nitrogen and oxygen atoms in total. The first kappa shape index (κ1) is 6.58. The lowest BCUT2D eigenvalue weighted by Gasteiger charge is -2.17. The van der Waals surface area contributed by atoms with Gasteiger partial charge in [0, 0.05) is 1.37 Å². The molecule has 0 aromatic carbocycles. The second-order valence-corrected chi connectivity index (χ2v) is 2.18. The Kier molecular flexibility index (Phi) is 3.72. The summed E-state index contributed by atoms with van der Waals surface area (Å²) in [6.45, 7) is 2.35. The van der Waals surface area contributed by atoms with Gasteiger partial charge in [-0.1, -0.05) is 13.3 Å². The quantitative estimate of drug-likeness (QED) is 0.462. The van der Waals surface area contributed by atoms with Crippen molar-refractivity contribution in [2.24, 2.45) is 0 Å². The van der Waals surface area contributed by atoms with E-state index in [-0.39, 0.29) is 7.02 Å². The van der Waals surface area contributed by atoms with E-state index in [0.29, 0.717) is 6.61 Å². The lowest BCUT2D eigenvalue weighted by molar-refractivity contribution is -0.177. The van der Waals surface area contributed by atoms with Crippen LogP contribution in [-0.4, -0.2) is 37.1 Å². The third kappa shape index (κ3) is 4.73. The van der Waals surface area contributed by atoms with Crippen molar-refractivity contribution in [3.05, 3.63) is 0 Å². The van der Waals surface area contributed by atoms with Crippen LogP contribution >= 0.6 is 0 Å². The first-order valence-corrected chi connectivity index (χ1v) is 3.41. The molecule has 0 aromatic heterocycles. The van der Waals surface area contributed by atoms with Gasteiger partial charge in [-0.3, -0.25) is 4.90 Å². The predicted molar refractivity (Wildman–Crippen MR) is 40.6 cm³/mol. The van der Waals surface area contributed by atoms with Gasteiger partial charge >= 0.3 is 0 Å². The molecule has 0 aliphatic carbocycles. The van der Waals surface area contributed by atoms with Crippen LogP contribution in [0.3, 0.4) is 0 Å². The normalized spacial score (nSPS) is 20.0. The van der Waals surface area contributed by atoms with Crippen molar-refractivity contribution in [1.82, 2.24) is 4.90 Å². The summed E-state index contributed by atoms with van der Waals surface area (Å²) >= 11 is 0. The average Bonchev–Trinajstić information content (AvgIpc) is 2.03. The van der Waals surface area contributed by atoms with Crippen LogP contribution in [0.1, 0.15) is 22.5 Å². The SMILES string of the molecule is [3H]CN(C)C([3H])(O)OCCCC. The lowest BCUT2D eigenvalue weighted by atomic mass is 10.4. The molecule has 1 unspecified atom stereocenters. The van der Waals surface area contributed by atoms with Gasteiger partial charge in [-0.25, -0.2) is 0 Å². The standard InChI is InChI=1S/C7H17NO2/c1-4-5-6-10-7(9)8(2)3/h7,9H,4-6H2,1-3H3/i2T,7T. The van der Waals surface area contributed by atoms with Crippen LogP contribution in [-0.2, 0) is 4.74 Å². The van der Waals surface area contributed by atoms with E-state index in [2.05, 4.69) is 0 Å². The second kappa shape index (κ2) is 5.65. The number of ether oxygens (including phenoxy) is 1. The Labute approximate surface area is 65.4 Å². The Bertz CT molecular complexity index is 122. The van der Waals surface area contributed by atoms with E-state index >= 15 is 0 Å². The third-order valence-electron chi connectivity index (χ3n) is 1.06. The minimum Gasteiger partial charge on any atom is -0.356 e. The van der Waals surface area contributed by atoms with E-state index < -0.39 is 6.39 Å². The average molecular weight is 151 g/mol. The Balaban J connectivity index is 3.70. The molecular weight excluding hydrogens is 130 g/mol. The Morgan fingerprint density at radius 2 is 2.60 bits per heavy atom. The minimum atomic E-state index is -2.04. The highest BCUT2D eigenvalue weighted by Crippen LogP contribution is 1.93. The summed E-state index contributed by atoms with van der Waals surface area (Å²) in [6.07, 6.45) is -0.273. The lowest BCUT2D eigenvalue weighted by Crippen LogP contribution is -2.30. The zero-order valence-electron chi connectivity index (χ0n) is 8.63. The largest absolute Gasteiger partial charge is 0.356 e. The number of aliphatic hydroxyl groups is 1. The Morgan fingerprint density at radius 1 is 1.90 bits per heavy atom. The maximum absolute atomic E-state index is 9.26. The minimum absolute atomic E-state index is 0.161. The zero-order valence-corrected chi connectivity index (χ0v) is 6.63. The van der Waals surface area contributed by atoms with E-state index in [1.807, 2.05) is 6.92 Å². The summed E-state index contributed by atoms with van der Waals surface area (Å²) in [6, 6.07) is 0. The summed E-state index contributed by atoms with van der Waals surface area (Å²) in [5, 5.41) is 9.26. The molecule has 0 saturated heterocycles. The molecule has 0 aliphatic rings. The van der Waals surface area contributed by atoms with Gasteiger partial charge in [0.25, 0.3) is 0 Å². The van der Waals surface area contributed by atoms with Gasteiger partial charge in [-0.2, -0.15) is 0 Å². The van der Waals surface area contributed by atoms with Crippen molar-refractivity contribution in [1.29, 1.82) is 0 Å². The number of hydrogen-bond acceptors (Lipinski definition) is 3. The van der Waals surface area contributed by atoms with Gasteiger partial charge in [0.15, 0.2) is 0 Å². The maximum atomic E-state index is 9.26. The summed E-state index contributed by atoms with van der Waals surface area (Å²) in [4.78, 5) is 1.10. The van der Waals surface area contributed by atoms with Crippen molar-refractivity contribution < 1.29 is 12.6 Å². The molecule has 0 fully saturated rings. The monoisotopic (exact) mass is 151 g/mol. The van der Waals surface area contributed by atoms with Gasteiger partial charge in [0.05, 0.1) is 6.61 Å². The van der Waals surface area contributed by atoms with Crippen LogP contribution in [0.2, 0.25) is 0 Å². The molecular formula is C7H17NO2. The predicted octanol–water partition coefficient (Wildman–Crippen LogP) is 0.641. The van der Waals surface area contributed by atoms with E-state index in [4.69, 9.17) is 7.48 Å².